The van der Waals surface area contributed by atoms with E-state index in [0.717, 1.165) is 150 Å². The summed E-state index contributed by atoms with van der Waals surface area (Å²) in [5.41, 5.74) is 10.1. The van der Waals surface area contributed by atoms with Crippen LogP contribution >= 0.6 is 0 Å². The second-order valence-electron chi connectivity index (χ2n) is 20.4. The van der Waals surface area contributed by atoms with Crippen molar-refractivity contribution in [2.45, 2.75) is 77.3 Å². The Balaban J connectivity index is 0.000000156. The van der Waals surface area contributed by atoms with Gasteiger partial charge in [-0.05, 0) is 99.5 Å². The van der Waals surface area contributed by atoms with Crippen molar-refractivity contribution in [3.05, 3.63) is 119 Å². The first-order chi connectivity index (χ1) is 35.2. The molecule has 0 unspecified atom stereocenters. The van der Waals surface area contributed by atoms with Crippen molar-refractivity contribution >= 4 is 44.8 Å². The van der Waals surface area contributed by atoms with Gasteiger partial charge in [-0.25, -0.2) is 9.97 Å². The molecule has 2 N–H and O–H groups in total. The third-order valence-corrected chi connectivity index (χ3v) is 15.4. The highest BCUT2D eigenvalue weighted by Crippen LogP contribution is 2.33. The lowest BCUT2D eigenvalue weighted by Gasteiger charge is -2.42. The lowest BCUT2D eigenvalue weighted by atomic mass is 10.1. The molecule has 4 saturated heterocycles. The van der Waals surface area contributed by atoms with E-state index in [2.05, 4.69) is 138 Å². The van der Waals surface area contributed by atoms with Gasteiger partial charge in [-0.15, -0.1) is 0 Å². The van der Waals surface area contributed by atoms with Crippen LogP contribution in [0.2, 0.25) is 0 Å². The van der Waals surface area contributed by atoms with Gasteiger partial charge in [-0.3, -0.25) is 19.8 Å². The highest BCUT2D eigenvalue weighted by Gasteiger charge is 2.32. The fourth-order valence-electron chi connectivity index (χ4n) is 11.7. The molecule has 372 valence electrons. The van der Waals surface area contributed by atoms with Crippen molar-refractivity contribution in [2.24, 2.45) is 0 Å². The zero-order chi connectivity index (χ0) is 49.3. The fourth-order valence-corrected chi connectivity index (χ4v) is 11.7. The molecule has 72 heavy (non-hydrogen) atoms. The Kier molecular flexibility index (Phi) is 13.9. The summed E-state index contributed by atoms with van der Waals surface area (Å²) in [7, 11) is 0. The molecule has 0 radical (unpaired) electrons. The summed E-state index contributed by atoms with van der Waals surface area (Å²) in [6, 6.07) is 30.0. The minimum absolute atomic E-state index is 0.132. The van der Waals surface area contributed by atoms with Gasteiger partial charge >= 0.3 is 0 Å². The van der Waals surface area contributed by atoms with Gasteiger partial charge in [0.1, 0.15) is 23.8 Å². The minimum atomic E-state index is 0.132. The minimum Gasteiger partial charge on any atom is -0.370 e. The van der Waals surface area contributed by atoms with Crippen LogP contribution in [0.1, 0.15) is 73.4 Å². The first kappa shape index (κ1) is 47.8. The van der Waals surface area contributed by atoms with E-state index >= 15 is 0 Å². The van der Waals surface area contributed by atoms with Crippen molar-refractivity contribution in [3.63, 3.8) is 0 Å². The van der Waals surface area contributed by atoms with Gasteiger partial charge in [0, 0.05) is 151 Å². The van der Waals surface area contributed by atoms with Crippen LogP contribution in [0, 0.1) is 22.7 Å². The van der Waals surface area contributed by atoms with E-state index in [4.69, 9.17) is 19.4 Å². The second kappa shape index (κ2) is 20.9. The first-order valence-corrected chi connectivity index (χ1v) is 26.0. The highest BCUT2D eigenvalue weighted by molar-refractivity contribution is 5.96. The van der Waals surface area contributed by atoms with Gasteiger partial charge < -0.3 is 39.7 Å². The van der Waals surface area contributed by atoms with Gasteiger partial charge in [0.05, 0.1) is 58.0 Å². The van der Waals surface area contributed by atoms with Gasteiger partial charge in [0.2, 0.25) is 0 Å². The Bertz CT molecular complexity index is 2790. The molecule has 10 heterocycles. The predicted octanol–water partition coefficient (Wildman–Crippen LogP) is 6.16. The third-order valence-electron chi connectivity index (χ3n) is 15.4. The summed E-state index contributed by atoms with van der Waals surface area (Å²) < 4.78 is 12.8. The predicted molar refractivity (Wildman–Crippen MR) is 282 cm³/mol. The average molecular weight is 967 g/mol. The van der Waals surface area contributed by atoms with Crippen molar-refractivity contribution < 1.29 is 9.47 Å². The van der Waals surface area contributed by atoms with Crippen molar-refractivity contribution in [1.82, 2.24) is 40.4 Å². The van der Waals surface area contributed by atoms with Gasteiger partial charge in [-0.1, -0.05) is 12.1 Å². The first-order valence-electron chi connectivity index (χ1n) is 26.0. The number of pyridine rings is 4. The summed E-state index contributed by atoms with van der Waals surface area (Å²) >= 11 is 0. The number of anilines is 4. The number of nitrogens with one attached hydrogen (secondary N) is 2. The third kappa shape index (κ3) is 10.00. The molecule has 6 aliphatic rings. The van der Waals surface area contributed by atoms with E-state index in [1.165, 1.54) is 22.5 Å². The number of hydrogen-bond donors (Lipinski definition) is 2. The lowest BCUT2D eigenvalue weighted by Crippen LogP contribution is -2.54. The van der Waals surface area contributed by atoms with E-state index in [0.29, 0.717) is 23.2 Å². The van der Waals surface area contributed by atoms with Crippen molar-refractivity contribution in [3.8, 4) is 12.1 Å². The Morgan fingerprint density at radius 1 is 0.528 bits per heavy atom. The zero-order valence-corrected chi connectivity index (χ0v) is 42.0. The highest BCUT2D eigenvalue weighted by atomic mass is 16.5. The second-order valence-corrected chi connectivity index (χ2v) is 20.4. The molecule has 16 nitrogen and oxygen atoms in total. The van der Waals surface area contributed by atoms with E-state index < -0.39 is 0 Å². The summed E-state index contributed by atoms with van der Waals surface area (Å²) in [5.74, 6) is 2.19. The maximum atomic E-state index is 9.51. The van der Waals surface area contributed by atoms with Crippen LogP contribution < -0.4 is 30.2 Å². The largest absolute Gasteiger partial charge is 0.370 e. The molecule has 0 aliphatic carbocycles. The fraction of sp³-hybridized carbons (Fsp3) is 0.464. The Labute approximate surface area is 423 Å². The monoisotopic (exact) mass is 967 g/mol. The molecule has 0 spiro atoms. The molecule has 16 heteroatoms. The molecule has 6 aliphatic heterocycles. The van der Waals surface area contributed by atoms with Crippen LogP contribution in [0.5, 0.6) is 0 Å². The van der Waals surface area contributed by atoms with Crippen LogP contribution in [0.3, 0.4) is 0 Å². The summed E-state index contributed by atoms with van der Waals surface area (Å²) in [4.78, 5) is 33.6. The molecule has 4 aromatic heterocycles. The van der Waals surface area contributed by atoms with Crippen molar-refractivity contribution in [2.75, 3.05) is 111 Å². The standard InChI is InChI=1S/2C28H33N7O/c2*1-19-16-35(25-7-5-21(14-29)28-24(25)4-3-9-30-28)18-23(36-19)17-33-10-12-34(13-11-33)26-8-6-22-15-31-20(2)27(22)32-26/h2*3-9,19-20,23,31H,10-13,15-18H2,1-2H3/t19-,20+,23+;19-,20-,23+/m11/s1. The quantitative estimate of drug-likeness (QED) is 0.178. The molecule has 0 saturated carbocycles. The number of piperazine rings is 2. The molecule has 2 aromatic carbocycles. The summed E-state index contributed by atoms with van der Waals surface area (Å²) in [5, 5.41) is 28.0. The van der Waals surface area contributed by atoms with Crippen LogP contribution in [0.25, 0.3) is 21.8 Å². The number of ether oxygens (including phenoxy) is 2. The Morgan fingerprint density at radius 2 is 0.958 bits per heavy atom. The lowest BCUT2D eigenvalue weighted by molar-refractivity contribution is -0.0329. The molecule has 4 fully saturated rings. The van der Waals surface area contributed by atoms with Crippen LogP contribution in [0.15, 0.2) is 85.2 Å². The maximum absolute atomic E-state index is 9.51. The number of benzene rings is 2. The van der Waals surface area contributed by atoms with Gasteiger partial charge in [0.25, 0.3) is 0 Å². The zero-order valence-electron chi connectivity index (χ0n) is 42.0. The Hall–Kier alpha value is -6.50. The average Bonchev–Trinajstić information content (AvgIpc) is 3.98. The molecule has 6 aromatic rings. The molecule has 12 rings (SSSR count). The van der Waals surface area contributed by atoms with Crippen LogP contribution in [0.4, 0.5) is 23.0 Å². The van der Waals surface area contributed by atoms with E-state index in [1.807, 2.05) is 24.3 Å². The van der Waals surface area contributed by atoms with E-state index in [1.54, 1.807) is 12.4 Å². The molecule has 6 atom stereocenters. The van der Waals surface area contributed by atoms with Gasteiger partial charge in [0.15, 0.2) is 0 Å². The number of aromatic nitrogens is 4. The number of hydrogen-bond acceptors (Lipinski definition) is 16. The SMILES string of the molecule is C[C@@H]1CN(c2ccc(C#N)c3ncccc23)C[C@H](CN2CCN(c3ccc4c(n3)[C@@H](C)NC4)CC2)O1.C[C@@H]1CN(c2ccc(C#N)c3ncccc23)C[C@H](CN2CCN(c3ccc4c(n3)[C@H](C)NC4)CC2)O1. The molecule has 0 amide bonds. The van der Waals surface area contributed by atoms with Crippen LogP contribution in [-0.2, 0) is 22.6 Å². The number of nitriles is 2. The van der Waals surface area contributed by atoms with E-state index in [-0.39, 0.29) is 24.4 Å². The number of morpholine rings is 2. The number of rotatable bonds is 8. The molecular formula is C56H66N14O2. The van der Waals surface area contributed by atoms with Crippen LogP contribution in [-0.4, -0.2) is 146 Å². The number of nitrogens with zero attached hydrogens (tertiary/aromatic N) is 12. The van der Waals surface area contributed by atoms with E-state index in [9.17, 15) is 10.5 Å². The number of fused-ring (bicyclic) bond motifs is 4. The molecular weight excluding hydrogens is 901 g/mol. The molecule has 0 bridgehead atoms. The maximum Gasteiger partial charge on any atom is 0.128 e. The topological polar surface area (TPSA) is 161 Å². The normalized spacial score (nSPS) is 24.6. The summed E-state index contributed by atoms with van der Waals surface area (Å²) in [6.45, 7) is 23.6. The van der Waals surface area contributed by atoms with Crippen molar-refractivity contribution in [1.29, 1.82) is 10.5 Å². The van der Waals surface area contributed by atoms with Gasteiger partial charge in [-0.2, -0.15) is 10.5 Å². The summed E-state index contributed by atoms with van der Waals surface area (Å²) in [6.07, 6.45) is 4.05. The smallest absolute Gasteiger partial charge is 0.128 e. The Morgan fingerprint density at radius 3 is 1.38 bits per heavy atom.